The molecule has 2 aromatic rings. The summed E-state index contributed by atoms with van der Waals surface area (Å²) in [5.74, 6) is 0. The molecular formula is C25H26Cl2Ti. The van der Waals surface area contributed by atoms with Gasteiger partial charge in [0.2, 0.25) is 0 Å². The van der Waals surface area contributed by atoms with Crippen molar-refractivity contribution in [3.8, 4) is 0 Å². The van der Waals surface area contributed by atoms with Gasteiger partial charge in [0.25, 0.3) is 0 Å². The van der Waals surface area contributed by atoms with Crippen molar-refractivity contribution in [1.29, 1.82) is 0 Å². The minimum Gasteiger partial charge on any atom is -0.272 e. The van der Waals surface area contributed by atoms with Gasteiger partial charge in [0.1, 0.15) is 0 Å². The van der Waals surface area contributed by atoms with E-state index in [2.05, 4.69) is 119 Å². The largest absolute Gasteiger partial charge is 0.272 e. The fourth-order valence-corrected chi connectivity index (χ4v) is 2.46. The van der Waals surface area contributed by atoms with Crippen LogP contribution in [0, 0.1) is 12.2 Å². The maximum absolute atomic E-state index is 3.15. The van der Waals surface area contributed by atoms with Crippen molar-refractivity contribution < 1.29 is 20.0 Å². The SMILES string of the molecule is C[C](C)=[Ti+2].Cl.Cl.[C-]1=CC(c2ccccc2)=CC1.[C-]1=CC(c2ccccc2)=CC1. The molecule has 2 aliphatic carbocycles. The number of allylic oxidation sites excluding steroid dienone is 8. The van der Waals surface area contributed by atoms with Crippen molar-refractivity contribution >= 4 is 39.8 Å². The molecule has 0 heterocycles. The molecule has 0 radical (unpaired) electrons. The molecular weight excluding hydrogens is 419 g/mol. The summed E-state index contributed by atoms with van der Waals surface area (Å²) in [6.07, 6.45) is 16.7. The average Bonchev–Trinajstić information content (AvgIpc) is 3.37. The van der Waals surface area contributed by atoms with E-state index in [1.54, 1.807) is 0 Å². The van der Waals surface area contributed by atoms with Gasteiger partial charge in [0.05, 0.1) is 0 Å². The van der Waals surface area contributed by atoms with E-state index >= 15 is 0 Å². The molecule has 0 unspecified atom stereocenters. The van der Waals surface area contributed by atoms with E-state index in [0.717, 1.165) is 12.8 Å². The normalized spacial score (nSPS) is 12.9. The van der Waals surface area contributed by atoms with Gasteiger partial charge in [-0.3, -0.25) is 12.2 Å². The van der Waals surface area contributed by atoms with E-state index in [0.29, 0.717) is 0 Å². The van der Waals surface area contributed by atoms with Crippen molar-refractivity contribution in [3.63, 3.8) is 0 Å². The molecule has 0 bridgehead atoms. The Morgan fingerprint density at radius 1 is 0.679 bits per heavy atom. The summed E-state index contributed by atoms with van der Waals surface area (Å²) in [4.78, 5) is 0. The Bertz CT molecular complexity index is 747. The van der Waals surface area contributed by atoms with Gasteiger partial charge in [0, 0.05) is 0 Å². The van der Waals surface area contributed by atoms with Gasteiger partial charge >= 0.3 is 37.6 Å². The zero-order valence-electron chi connectivity index (χ0n) is 16.3. The molecule has 28 heavy (non-hydrogen) atoms. The molecule has 2 aromatic carbocycles. The van der Waals surface area contributed by atoms with Crippen molar-refractivity contribution in [2.75, 3.05) is 0 Å². The minimum absolute atomic E-state index is 0. The second-order valence-corrected chi connectivity index (χ2v) is 7.72. The van der Waals surface area contributed by atoms with Gasteiger partial charge in [-0.25, -0.2) is 12.2 Å². The van der Waals surface area contributed by atoms with Crippen molar-refractivity contribution in [3.05, 3.63) is 108 Å². The van der Waals surface area contributed by atoms with Crippen LogP contribution in [0.15, 0.2) is 85.0 Å². The van der Waals surface area contributed by atoms with Crippen LogP contribution in [-0.2, 0) is 20.0 Å². The molecule has 0 aliphatic heterocycles. The Morgan fingerprint density at radius 2 is 1.00 bits per heavy atom. The minimum atomic E-state index is 0. The van der Waals surface area contributed by atoms with E-state index in [4.69, 9.17) is 0 Å². The van der Waals surface area contributed by atoms with Crippen LogP contribution in [0.4, 0.5) is 0 Å². The summed E-state index contributed by atoms with van der Waals surface area (Å²) in [6.45, 7) is 4.17. The van der Waals surface area contributed by atoms with Crippen LogP contribution >= 0.6 is 24.8 Å². The van der Waals surface area contributed by atoms with Crippen LogP contribution in [-0.4, -0.2) is 3.81 Å². The average molecular weight is 445 g/mol. The monoisotopic (exact) mass is 444 g/mol. The molecule has 0 saturated carbocycles. The topological polar surface area (TPSA) is 0 Å². The third kappa shape index (κ3) is 10.2. The molecule has 2 aliphatic rings. The van der Waals surface area contributed by atoms with Crippen LogP contribution in [0.2, 0.25) is 0 Å². The molecule has 0 fully saturated rings. The summed E-state index contributed by atoms with van der Waals surface area (Å²) < 4.78 is 1.42. The molecule has 4 rings (SSSR count). The maximum atomic E-state index is 3.15. The predicted octanol–water partition coefficient (Wildman–Crippen LogP) is 7.26. The Hall–Kier alpha value is -1.44. The van der Waals surface area contributed by atoms with Crippen LogP contribution in [0.1, 0.15) is 37.8 Å². The first-order valence-electron chi connectivity index (χ1n) is 8.83. The quantitative estimate of drug-likeness (QED) is 0.337. The first-order valence-corrected chi connectivity index (χ1v) is 9.61. The van der Waals surface area contributed by atoms with Crippen LogP contribution < -0.4 is 0 Å². The summed E-state index contributed by atoms with van der Waals surface area (Å²) in [5.41, 5.74) is 5.17. The molecule has 144 valence electrons. The van der Waals surface area contributed by atoms with Gasteiger partial charge in [-0.2, -0.15) is 23.3 Å². The zero-order chi connectivity index (χ0) is 18.6. The zero-order valence-corrected chi connectivity index (χ0v) is 19.5. The van der Waals surface area contributed by atoms with Crippen LogP contribution in [0.5, 0.6) is 0 Å². The van der Waals surface area contributed by atoms with Crippen molar-refractivity contribution in [2.45, 2.75) is 26.7 Å². The van der Waals surface area contributed by atoms with E-state index in [1.807, 2.05) is 12.1 Å². The summed E-state index contributed by atoms with van der Waals surface area (Å²) in [7, 11) is 0. The second-order valence-electron chi connectivity index (χ2n) is 6.16. The Balaban J connectivity index is 0.000000415. The second kappa shape index (κ2) is 15.5. The Labute approximate surface area is 193 Å². The first kappa shape index (κ1) is 26.6. The fourth-order valence-electron chi connectivity index (χ4n) is 2.46. The number of rotatable bonds is 2. The molecule has 0 aromatic heterocycles. The number of halogens is 2. The number of benzene rings is 2. The van der Waals surface area contributed by atoms with Crippen molar-refractivity contribution in [1.82, 2.24) is 0 Å². The molecule has 0 N–H and O–H groups in total. The van der Waals surface area contributed by atoms with Gasteiger partial charge < -0.3 is 0 Å². The van der Waals surface area contributed by atoms with Gasteiger partial charge in [0.15, 0.2) is 0 Å². The standard InChI is InChI=1S/2C11H9.C3H6.2ClH.Ti/c2*1-2-6-10(7-3-1)11-8-4-5-9-11;1-3-2;;;/h2*1-3,6-9H,4H2;1-2H3;2*1H;/q2*-1;;;;+2. The van der Waals surface area contributed by atoms with Crippen LogP contribution in [0.3, 0.4) is 0 Å². The smallest absolute Gasteiger partial charge is 0.0623 e. The van der Waals surface area contributed by atoms with Gasteiger partial charge in [-0.15, -0.1) is 48.8 Å². The fraction of sp³-hybridized carbons (Fsp3) is 0.160. The molecule has 0 atom stereocenters. The summed E-state index contributed by atoms with van der Waals surface area (Å²) >= 11 is 2.08. The molecule has 0 saturated heterocycles. The number of hydrogen-bond acceptors (Lipinski definition) is 0. The van der Waals surface area contributed by atoms with Gasteiger partial charge in [-0.05, 0) is 0 Å². The molecule has 0 nitrogen and oxygen atoms in total. The molecule has 0 amide bonds. The number of hydrogen-bond donors (Lipinski definition) is 0. The van der Waals surface area contributed by atoms with Crippen LogP contribution in [0.25, 0.3) is 11.1 Å². The van der Waals surface area contributed by atoms with E-state index in [-0.39, 0.29) is 24.8 Å². The molecule has 0 spiro atoms. The van der Waals surface area contributed by atoms with E-state index in [1.165, 1.54) is 26.1 Å². The van der Waals surface area contributed by atoms with Crippen molar-refractivity contribution in [2.24, 2.45) is 0 Å². The summed E-state index contributed by atoms with van der Waals surface area (Å²) in [5, 5.41) is 0. The predicted molar refractivity (Wildman–Crippen MR) is 125 cm³/mol. The molecule has 3 heteroatoms. The first-order chi connectivity index (χ1) is 12.7. The van der Waals surface area contributed by atoms with Gasteiger partial charge in [-0.1, -0.05) is 60.7 Å². The van der Waals surface area contributed by atoms with E-state index in [9.17, 15) is 0 Å². The Morgan fingerprint density at radius 3 is 1.25 bits per heavy atom. The Kier molecular flexibility index (Phi) is 14.7. The third-order valence-electron chi connectivity index (χ3n) is 3.61. The third-order valence-corrected chi connectivity index (χ3v) is 3.61. The maximum Gasteiger partial charge on any atom is -0.0623 e. The summed E-state index contributed by atoms with van der Waals surface area (Å²) in [6, 6.07) is 20.8. The van der Waals surface area contributed by atoms with E-state index < -0.39 is 0 Å².